The van der Waals surface area contributed by atoms with Crippen molar-refractivity contribution in [1.29, 1.82) is 0 Å². The Morgan fingerprint density at radius 3 is 2.44 bits per heavy atom. The molecule has 0 aliphatic rings. The Bertz CT molecular complexity index is 224. The highest BCUT2D eigenvalue weighted by Crippen LogP contribution is 2.62. The van der Waals surface area contributed by atoms with Crippen molar-refractivity contribution in [3.05, 3.63) is 0 Å². The standard InChI is InChI=1S/C11H26NO2PS/c1-5-7-8-11(12)15(13,16-6-2)14-9-10(3)4/h10-11H,5-9,12H2,1-4H3. The number of hydrogen-bond donors (Lipinski definition) is 1. The average Bonchev–Trinajstić information content (AvgIpc) is 2.23. The Hall–Kier alpha value is 0.500. The molecule has 0 spiro atoms. The van der Waals surface area contributed by atoms with Gasteiger partial charge >= 0.3 is 0 Å². The number of unbranched alkanes of at least 4 members (excludes halogenated alkanes) is 1. The van der Waals surface area contributed by atoms with E-state index in [2.05, 4.69) is 20.8 Å². The summed E-state index contributed by atoms with van der Waals surface area (Å²) >= 11 is 1.39. The number of rotatable bonds is 9. The molecule has 0 saturated heterocycles. The minimum absolute atomic E-state index is 0.309. The van der Waals surface area contributed by atoms with Crippen LogP contribution in [-0.4, -0.2) is 18.1 Å². The van der Waals surface area contributed by atoms with Crippen molar-refractivity contribution in [2.45, 2.75) is 52.7 Å². The van der Waals surface area contributed by atoms with Crippen LogP contribution in [0.1, 0.15) is 47.0 Å². The topological polar surface area (TPSA) is 52.3 Å². The van der Waals surface area contributed by atoms with Gasteiger partial charge in [-0.15, -0.1) is 0 Å². The highest BCUT2D eigenvalue weighted by atomic mass is 32.7. The maximum Gasteiger partial charge on any atom is 0.273 e. The molecule has 2 N–H and O–H groups in total. The Morgan fingerprint density at radius 1 is 1.38 bits per heavy atom. The smallest absolute Gasteiger partial charge is 0.273 e. The summed E-state index contributed by atoms with van der Waals surface area (Å²) in [5.41, 5.74) is 6.00. The van der Waals surface area contributed by atoms with Gasteiger partial charge in [-0.2, -0.15) is 0 Å². The van der Waals surface area contributed by atoms with E-state index in [9.17, 15) is 4.57 Å². The van der Waals surface area contributed by atoms with Crippen LogP contribution in [0.5, 0.6) is 0 Å². The second kappa shape index (κ2) is 8.57. The molecule has 0 saturated carbocycles. The van der Waals surface area contributed by atoms with Crippen molar-refractivity contribution in [2.75, 3.05) is 12.4 Å². The molecular formula is C11H26NO2PS. The normalized spacial score (nSPS) is 17.4. The van der Waals surface area contributed by atoms with Crippen LogP contribution in [0.4, 0.5) is 0 Å². The van der Waals surface area contributed by atoms with Crippen LogP contribution < -0.4 is 5.73 Å². The lowest BCUT2D eigenvalue weighted by atomic mass is 10.2. The molecule has 0 bridgehead atoms. The van der Waals surface area contributed by atoms with E-state index in [1.165, 1.54) is 11.4 Å². The lowest BCUT2D eigenvalue weighted by Gasteiger charge is -2.24. The predicted octanol–water partition coefficient (Wildman–Crippen LogP) is 4.08. The maximum atomic E-state index is 12.5. The van der Waals surface area contributed by atoms with Gasteiger partial charge in [-0.3, -0.25) is 4.57 Å². The molecule has 0 heterocycles. The van der Waals surface area contributed by atoms with Crippen molar-refractivity contribution < 1.29 is 9.09 Å². The van der Waals surface area contributed by atoms with E-state index >= 15 is 0 Å². The van der Waals surface area contributed by atoms with Gasteiger partial charge in [0.1, 0.15) is 0 Å². The summed E-state index contributed by atoms with van der Waals surface area (Å²) in [5, 5.41) is 0. The molecule has 0 amide bonds. The molecule has 0 fully saturated rings. The molecule has 2 atom stereocenters. The first kappa shape index (κ1) is 16.5. The van der Waals surface area contributed by atoms with Gasteiger partial charge in [0.05, 0.1) is 12.4 Å². The number of hydrogen-bond acceptors (Lipinski definition) is 4. The molecule has 2 unspecified atom stereocenters. The fourth-order valence-corrected chi connectivity index (χ4v) is 5.43. The predicted molar refractivity (Wildman–Crippen MR) is 74.0 cm³/mol. The first-order valence-electron chi connectivity index (χ1n) is 6.10. The van der Waals surface area contributed by atoms with Gasteiger partial charge in [0.2, 0.25) is 0 Å². The molecular weight excluding hydrogens is 241 g/mol. The molecule has 0 aromatic rings. The van der Waals surface area contributed by atoms with E-state index in [-0.39, 0.29) is 5.78 Å². The second-order valence-corrected chi connectivity index (χ2v) is 9.49. The summed E-state index contributed by atoms with van der Waals surface area (Å²) in [7, 11) is 0. The van der Waals surface area contributed by atoms with Crippen molar-refractivity contribution in [1.82, 2.24) is 0 Å². The third kappa shape index (κ3) is 6.29. The van der Waals surface area contributed by atoms with Crippen LogP contribution in [0.25, 0.3) is 0 Å². The van der Waals surface area contributed by atoms with Gasteiger partial charge in [0.25, 0.3) is 6.57 Å². The van der Waals surface area contributed by atoms with Crippen LogP contribution in [-0.2, 0) is 9.09 Å². The molecule has 0 aromatic heterocycles. The molecule has 0 aromatic carbocycles. The van der Waals surface area contributed by atoms with Gasteiger partial charge < -0.3 is 10.3 Å². The van der Waals surface area contributed by atoms with Gasteiger partial charge in [-0.05, 0) is 18.1 Å². The van der Waals surface area contributed by atoms with E-state index < -0.39 is 6.57 Å². The molecule has 0 aliphatic heterocycles. The molecule has 5 heteroatoms. The Labute approximate surface area is 104 Å². The maximum absolute atomic E-state index is 12.5. The summed E-state index contributed by atoms with van der Waals surface area (Å²) in [6.45, 7) is 6.04. The zero-order chi connectivity index (χ0) is 12.6. The lowest BCUT2D eigenvalue weighted by Crippen LogP contribution is -2.21. The van der Waals surface area contributed by atoms with E-state index in [1.807, 2.05) is 6.92 Å². The van der Waals surface area contributed by atoms with Crippen LogP contribution in [0.2, 0.25) is 0 Å². The van der Waals surface area contributed by atoms with Crippen molar-refractivity contribution in [3.63, 3.8) is 0 Å². The monoisotopic (exact) mass is 267 g/mol. The SMILES string of the molecule is CCCCC(N)P(=O)(OCC(C)C)SCC. The Balaban J connectivity index is 4.35. The molecule has 0 rings (SSSR count). The summed E-state index contributed by atoms with van der Waals surface area (Å²) in [5.74, 6) is 0.871. The highest BCUT2D eigenvalue weighted by Gasteiger charge is 2.31. The summed E-state index contributed by atoms with van der Waals surface area (Å²) in [6.07, 6.45) is 2.88. The Morgan fingerprint density at radius 2 is 2.00 bits per heavy atom. The lowest BCUT2D eigenvalue weighted by molar-refractivity contribution is 0.274. The van der Waals surface area contributed by atoms with Gasteiger partial charge in [0.15, 0.2) is 0 Å². The molecule has 0 aliphatic carbocycles. The van der Waals surface area contributed by atoms with E-state index in [0.717, 1.165) is 25.0 Å². The van der Waals surface area contributed by atoms with E-state index in [1.54, 1.807) is 0 Å². The van der Waals surface area contributed by atoms with Crippen LogP contribution >= 0.6 is 18.0 Å². The molecule has 0 radical (unpaired) electrons. The van der Waals surface area contributed by atoms with Crippen molar-refractivity contribution >= 4 is 18.0 Å². The summed E-state index contributed by atoms with van der Waals surface area (Å²) in [6, 6.07) is 0. The van der Waals surface area contributed by atoms with Gasteiger partial charge in [-0.1, -0.05) is 51.9 Å². The van der Waals surface area contributed by atoms with Gasteiger partial charge in [-0.25, -0.2) is 0 Å². The average molecular weight is 267 g/mol. The van der Waals surface area contributed by atoms with Crippen molar-refractivity contribution in [3.8, 4) is 0 Å². The zero-order valence-electron chi connectivity index (χ0n) is 10.9. The van der Waals surface area contributed by atoms with Gasteiger partial charge in [0, 0.05) is 0 Å². The van der Waals surface area contributed by atoms with E-state index in [4.69, 9.17) is 10.3 Å². The Kier molecular flexibility index (Phi) is 8.84. The third-order valence-electron chi connectivity index (χ3n) is 2.16. The summed E-state index contributed by atoms with van der Waals surface area (Å²) < 4.78 is 18.1. The first-order valence-corrected chi connectivity index (χ1v) is 9.39. The highest BCUT2D eigenvalue weighted by molar-refractivity contribution is 8.56. The largest absolute Gasteiger partial charge is 0.320 e. The van der Waals surface area contributed by atoms with Crippen LogP contribution in [0.3, 0.4) is 0 Å². The second-order valence-electron chi connectivity index (χ2n) is 4.36. The third-order valence-corrected chi connectivity index (χ3v) is 7.34. The van der Waals surface area contributed by atoms with Crippen molar-refractivity contribution in [2.24, 2.45) is 11.7 Å². The van der Waals surface area contributed by atoms with E-state index in [0.29, 0.717) is 12.5 Å². The molecule has 3 nitrogen and oxygen atoms in total. The quantitative estimate of drug-likeness (QED) is 0.639. The molecule has 98 valence electrons. The minimum atomic E-state index is -2.70. The van der Waals surface area contributed by atoms with Crippen LogP contribution in [0, 0.1) is 5.92 Å². The number of nitrogens with two attached hydrogens (primary N) is 1. The zero-order valence-corrected chi connectivity index (χ0v) is 12.7. The summed E-state index contributed by atoms with van der Waals surface area (Å²) in [4.78, 5) is 0. The first-order chi connectivity index (χ1) is 7.46. The minimum Gasteiger partial charge on any atom is -0.320 e. The fourth-order valence-electron chi connectivity index (χ4n) is 1.23. The van der Waals surface area contributed by atoms with Crippen LogP contribution in [0.15, 0.2) is 0 Å². The fraction of sp³-hybridized carbons (Fsp3) is 1.00. The molecule has 16 heavy (non-hydrogen) atoms.